The predicted octanol–water partition coefficient (Wildman–Crippen LogP) is 3.20. The zero-order chi connectivity index (χ0) is 15.8. The molecule has 6 heteroatoms. The van der Waals surface area contributed by atoms with Crippen molar-refractivity contribution in [2.24, 2.45) is 16.8 Å². The second-order valence-electron chi connectivity index (χ2n) is 6.23. The Bertz CT molecular complexity index is 472. The van der Waals surface area contributed by atoms with Crippen LogP contribution in [0.4, 0.5) is 0 Å². The molecule has 0 aromatic carbocycles. The Hall–Kier alpha value is -1.05. The van der Waals surface area contributed by atoms with Gasteiger partial charge in [0.2, 0.25) is 5.88 Å². The van der Waals surface area contributed by atoms with E-state index in [-0.39, 0.29) is 24.0 Å². The number of aromatic nitrogens is 1. The van der Waals surface area contributed by atoms with Crippen LogP contribution in [-0.2, 0) is 6.54 Å². The molecule has 5 nitrogen and oxygen atoms in total. The quantitative estimate of drug-likeness (QED) is 0.377. The van der Waals surface area contributed by atoms with Gasteiger partial charge in [0.05, 0.1) is 13.2 Å². The van der Waals surface area contributed by atoms with Gasteiger partial charge in [-0.2, -0.15) is 0 Å². The lowest BCUT2D eigenvalue weighted by atomic mass is 10.2. The molecular formula is C17H29IN4O. The minimum absolute atomic E-state index is 0. The maximum atomic E-state index is 5.64. The van der Waals surface area contributed by atoms with Crippen molar-refractivity contribution in [3.8, 4) is 5.88 Å². The van der Waals surface area contributed by atoms with Crippen LogP contribution in [0, 0.1) is 11.8 Å². The first-order valence-electron chi connectivity index (χ1n) is 8.27. The number of hydrogen-bond donors (Lipinski definition) is 2. The van der Waals surface area contributed by atoms with Gasteiger partial charge in [-0.05, 0) is 37.2 Å². The third-order valence-electron chi connectivity index (χ3n) is 3.40. The van der Waals surface area contributed by atoms with E-state index >= 15 is 0 Å². The highest BCUT2D eigenvalue weighted by Gasteiger charge is 2.21. The molecule has 0 amide bonds. The van der Waals surface area contributed by atoms with Crippen LogP contribution in [-0.4, -0.2) is 30.6 Å². The molecular weight excluding hydrogens is 403 g/mol. The number of ether oxygens (including phenoxy) is 1. The van der Waals surface area contributed by atoms with E-state index < -0.39 is 0 Å². The number of hydrogen-bond acceptors (Lipinski definition) is 3. The average molecular weight is 432 g/mol. The number of guanidine groups is 1. The number of nitrogens with zero attached hydrogens (tertiary/aromatic N) is 2. The first kappa shape index (κ1) is 20.0. The molecule has 23 heavy (non-hydrogen) atoms. The summed E-state index contributed by atoms with van der Waals surface area (Å²) >= 11 is 0. The lowest BCUT2D eigenvalue weighted by molar-refractivity contribution is 0.288. The molecule has 0 bridgehead atoms. The van der Waals surface area contributed by atoms with Crippen LogP contribution in [0.1, 0.15) is 39.2 Å². The summed E-state index contributed by atoms with van der Waals surface area (Å²) in [5, 5.41) is 6.59. The lowest BCUT2D eigenvalue weighted by Crippen LogP contribution is -2.39. The van der Waals surface area contributed by atoms with Crippen molar-refractivity contribution < 1.29 is 4.74 Å². The number of nitrogens with one attached hydrogen (secondary N) is 2. The number of rotatable bonds is 8. The van der Waals surface area contributed by atoms with E-state index in [4.69, 9.17) is 4.74 Å². The molecule has 1 aliphatic carbocycles. The monoisotopic (exact) mass is 432 g/mol. The largest absolute Gasteiger partial charge is 0.477 e. The molecule has 1 fully saturated rings. The van der Waals surface area contributed by atoms with Gasteiger partial charge in [0.1, 0.15) is 0 Å². The molecule has 1 heterocycles. The van der Waals surface area contributed by atoms with E-state index in [0.29, 0.717) is 18.3 Å². The second-order valence-corrected chi connectivity index (χ2v) is 6.23. The Kier molecular flexibility index (Phi) is 9.28. The van der Waals surface area contributed by atoms with E-state index in [2.05, 4.69) is 41.4 Å². The molecule has 130 valence electrons. The third-order valence-corrected chi connectivity index (χ3v) is 3.40. The smallest absolute Gasteiger partial charge is 0.213 e. The van der Waals surface area contributed by atoms with E-state index in [9.17, 15) is 0 Å². The highest BCUT2D eigenvalue weighted by molar-refractivity contribution is 14.0. The van der Waals surface area contributed by atoms with Crippen molar-refractivity contribution >= 4 is 29.9 Å². The van der Waals surface area contributed by atoms with Crippen molar-refractivity contribution in [1.82, 2.24) is 15.6 Å². The lowest BCUT2D eigenvalue weighted by Gasteiger charge is -2.13. The maximum Gasteiger partial charge on any atom is 0.213 e. The summed E-state index contributed by atoms with van der Waals surface area (Å²) in [4.78, 5) is 8.93. The summed E-state index contributed by atoms with van der Waals surface area (Å²) in [6.07, 6.45) is 4.44. The SMILES string of the molecule is CCNC(=NCc1ccc(OCC2CC2)nc1)NCC(C)C.I. The van der Waals surface area contributed by atoms with Gasteiger partial charge >= 0.3 is 0 Å². The second kappa shape index (κ2) is 10.7. The average Bonchev–Trinajstić information content (AvgIpc) is 3.33. The first-order chi connectivity index (χ1) is 10.7. The first-order valence-corrected chi connectivity index (χ1v) is 8.27. The van der Waals surface area contributed by atoms with E-state index in [0.717, 1.165) is 37.1 Å². The minimum atomic E-state index is 0. The van der Waals surface area contributed by atoms with Crippen LogP contribution in [0.3, 0.4) is 0 Å². The fourth-order valence-corrected chi connectivity index (χ4v) is 1.89. The molecule has 2 N–H and O–H groups in total. The fourth-order valence-electron chi connectivity index (χ4n) is 1.89. The van der Waals surface area contributed by atoms with E-state index in [1.807, 2.05) is 18.3 Å². The van der Waals surface area contributed by atoms with E-state index in [1.165, 1.54) is 12.8 Å². The van der Waals surface area contributed by atoms with Gasteiger partial charge in [0.25, 0.3) is 0 Å². The van der Waals surface area contributed by atoms with Crippen LogP contribution in [0.2, 0.25) is 0 Å². The van der Waals surface area contributed by atoms with Gasteiger partial charge in [0, 0.05) is 25.4 Å². The van der Waals surface area contributed by atoms with Gasteiger partial charge < -0.3 is 15.4 Å². The summed E-state index contributed by atoms with van der Waals surface area (Å²) < 4.78 is 5.64. The van der Waals surface area contributed by atoms with Crippen molar-refractivity contribution in [3.05, 3.63) is 23.9 Å². The highest BCUT2D eigenvalue weighted by atomic mass is 127. The van der Waals surface area contributed by atoms with Crippen LogP contribution in [0.25, 0.3) is 0 Å². The predicted molar refractivity (Wildman–Crippen MR) is 106 cm³/mol. The maximum absolute atomic E-state index is 5.64. The van der Waals surface area contributed by atoms with Gasteiger partial charge in [-0.3, -0.25) is 0 Å². The Morgan fingerprint density at radius 3 is 2.70 bits per heavy atom. The van der Waals surface area contributed by atoms with Crippen molar-refractivity contribution in [2.45, 2.75) is 40.2 Å². The molecule has 1 aliphatic rings. The third kappa shape index (κ3) is 8.39. The molecule has 0 spiro atoms. The van der Waals surface area contributed by atoms with Crippen molar-refractivity contribution in [2.75, 3.05) is 19.7 Å². The zero-order valence-electron chi connectivity index (χ0n) is 14.3. The van der Waals surface area contributed by atoms with Gasteiger partial charge in [-0.25, -0.2) is 9.98 Å². The van der Waals surface area contributed by atoms with Crippen molar-refractivity contribution in [3.63, 3.8) is 0 Å². The Morgan fingerprint density at radius 1 is 1.35 bits per heavy atom. The van der Waals surface area contributed by atoms with Crippen molar-refractivity contribution in [1.29, 1.82) is 0 Å². The van der Waals surface area contributed by atoms with E-state index in [1.54, 1.807) is 0 Å². The molecule has 1 saturated carbocycles. The molecule has 1 aromatic rings. The molecule has 0 radical (unpaired) electrons. The molecule has 0 unspecified atom stereocenters. The summed E-state index contributed by atoms with van der Waals surface area (Å²) in [7, 11) is 0. The summed E-state index contributed by atoms with van der Waals surface area (Å²) in [6.45, 7) is 9.62. The summed E-state index contributed by atoms with van der Waals surface area (Å²) in [5.41, 5.74) is 1.08. The van der Waals surface area contributed by atoms with Gasteiger partial charge in [-0.15, -0.1) is 24.0 Å². The highest BCUT2D eigenvalue weighted by Crippen LogP contribution is 2.29. The standard InChI is InChI=1S/C17H28N4O.HI/c1-4-18-17(20-9-13(2)3)21-11-15-7-8-16(19-10-15)22-12-14-5-6-14;/h7-8,10,13-14H,4-6,9,11-12H2,1-3H3,(H2,18,20,21);1H. The summed E-state index contributed by atoms with van der Waals surface area (Å²) in [6, 6.07) is 3.96. The topological polar surface area (TPSA) is 58.5 Å². The Labute approximate surface area is 156 Å². The van der Waals surface area contributed by atoms with Crippen LogP contribution < -0.4 is 15.4 Å². The fraction of sp³-hybridized carbons (Fsp3) is 0.647. The zero-order valence-corrected chi connectivity index (χ0v) is 16.7. The molecule has 0 aliphatic heterocycles. The van der Waals surface area contributed by atoms with Crippen LogP contribution in [0.15, 0.2) is 23.3 Å². The normalized spacial score (nSPS) is 14.3. The molecule has 0 saturated heterocycles. The molecule has 0 atom stereocenters. The summed E-state index contributed by atoms with van der Waals surface area (Å²) in [5.74, 6) is 2.91. The number of halogens is 1. The Balaban J connectivity index is 0.00000264. The molecule has 1 aromatic heterocycles. The van der Waals surface area contributed by atoms with Gasteiger partial charge in [-0.1, -0.05) is 19.9 Å². The van der Waals surface area contributed by atoms with Gasteiger partial charge in [0.15, 0.2) is 5.96 Å². The van der Waals surface area contributed by atoms with Crippen LogP contribution >= 0.6 is 24.0 Å². The number of aliphatic imine (C=N–C) groups is 1. The Morgan fingerprint density at radius 2 is 2.13 bits per heavy atom. The number of pyridine rings is 1. The molecule has 2 rings (SSSR count). The van der Waals surface area contributed by atoms with Crippen LogP contribution in [0.5, 0.6) is 5.88 Å². The minimum Gasteiger partial charge on any atom is -0.477 e.